The molecule has 2 rings (SSSR count). The maximum Gasteiger partial charge on any atom is 0.0620 e. The summed E-state index contributed by atoms with van der Waals surface area (Å²) in [5.41, 5.74) is 0.414. The van der Waals surface area contributed by atoms with Gasteiger partial charge in [0.1, 0.15) is 0 Å². The van der Waals surface area contributed by atoms with Gasteiger partial charge in [-0.15, -0.1) is 0 Å². The number of nitrogens with one attached hydrogen (secondary N) is 1. The summed E-state index contributed by atoms with van der Waals surface area (Å²) >= 11 is 0. The lowest BCUT2D eigenvalue weighted by Gasteiger charge is -2.42. The number of aliphatic hydroxyl groups excluding tert-OH is 1. The molecular weight excluding hydrogens is 178 g/mol. The average Bonchev–Trinajstić information content (AvgIpc) is 2.62. The van der Waals surface area contributed by atoms with Gasteiger partial charge in [0.05, 0.1) is 6.61 Å². The Labute approximate surface area is 85.8 Å². The molecule has 0 aromatic heterocycles. The fourth-order valence-electron chi connectivity index (χ4n) is 2.49. The molecule has 1 aliphatic heterocycles. The summed E-state index contributed by atoms with van der Waals surface area (Å²) in [6.07, 6.45) is 6.02. The Balaban J connectivity index is 1.71. The van der Waals surface area contributed by atoms with Crippen LogP contribution in [0, 0.1) is 5.41 Å². The zero-order valence-corrected chi connectivity index (χ0v) is 8.80. The Kier molecular flexibility index (Phi) is 3.42. The summed E-state index contributed by atoms with van der Waals surface area (Å²) in [7, 11) is 0. The maximum atomic E-state index is 9.01. The fourth-order valence-corrected chi connectivity index (χ4v) is 2.49. The normalized spacial score (nSPS) is 30.2. The van der Waals surface area contributed by atoms with Gasteiger partial charge in [0.15, 0.2) is 0 Å². The largest absolute Gasteiger partial charge is 0.396 e. The number of aliphatic hydroxyl groups is 1. The predicted octanol–water partition coefficient (Wildman–Crippen LogP) is 0.918. The van der Waals surface area contributed by atoms with Crippen LogP contribution in [0.15, 0.2) is 0 Å². The van der Waals surface area contributed by atoms with E-state index in [4.69, 9.17) is 9.84 Å². The molecule has 2 fully saturated rings. The second-order valence-corrected chi connectivity index (χ2v) is 4.77. The monoisotopic (exact) mass is 199 g/mol. The quantitative estimate of drug-likeness (QED) is 0.692. The Morgan fingerprint density at radius 3 is 2.79 bits per heavy atom. The van der Waals surface area contributed by atoms with E-state index >= 15 is 0 Å². The Morgan fingerprint density at radius 2 is 2.29 bits per heavy atom. The summed E-state index contributed by atoms with van der Waals surface area (Å²) in [5.74, 6) is 0. The first-order chi connectivity index (χ1) is 6.85. The summed E-state index contributed by atoms with van der Waals surface area (Å²) in [4.78, 5) is 0. The maximum absolute atomic E-state index is 9.01. The van der Waals surface area contributed by atoms with E-state index in [1.807, 2.05) is 0 Å². The van der Waals surface area contributed by atoms with Crippen molar-refractivity contribution in [1.29, 1.82) is 0 Å². The first-order valence-electron chi connectivity index (χ1n) is 5.77. The van der Waals surface area contributed by atoms with Crippen molar-refractivity contribution in [1.82, 2.24) is 5.32 Å². The van der Waals surface area contributed by atoms with Crippen LogP contribution in [0.4, 0.5) is 0 Å². The van der Waals surface area contributed by atoms with Gasteiger partial charge in [-0.3, -0.25) is 0 Å². The molecule has 1 atom stereocenters. The van der Waals surface area contributed by atoms with Crippen molar-refractivity contribution < 1.29 is 9.84 Å². The van der Waals surface area contributed by atoms with E-state index in [2.05, 4.69) is 5.32 Å². The molecule has 1 saturated heterocycles. The molecule has 0 bridgehead atoms. The smallest absolute Gasteiger partial charge is 0.0620 e. The Hall–Kier alpha value is -0.120. The highest BCUT2D eigenvalue weighted by atomic mass is 16.5. The van der Waals surface area contributed by atoms with Gasteiger partial charge >= 0.3 is 0 Å². The lowest BCUT2D eigenvalue weighted by Crippen LogP contribution is -2.44. The molecule has 82 valence electrons. The summed E-state index contributed by atoms with van der Waals surface area (Å²) < 4.78 is 5.32. The molecule has 1 saturated carbocycles. The number of hydrogen-bond acceptors (Lipinski definition) is 3. The molecule has 2 aliphatic rings. The Bertz CT molecular complexity index is 174. The SMILES string of the molecule is OCCC1(CNC2CCOC2)CCC1. The average molecular weight is 199 g/mol. The van der Waals surface area contributed by atoms with Crippen LogP contribution in [-0.4, -0.2) is 37.5 Å². The number of rotatable bonds is 5. The van der Waals surface area contributed by atoms with Crippen LogP contribution in [-0.2, 0) is 4.74 Å². The lowest BCUT2D eigenvalue weighted by atomic mass is 9.66. The topological polar surface area (TPSA) is 41.5 Å². The first kappa shape index (κ1) is 10.4. The number of hydrogen-bond donors (Lipinski definition) is 2. The predicted molar refractivity (Wildman–Crippen MR) is 55.2 cm³/mol. The molecule has 2 N–H and O–H groups in total. The van der Waals surface area contributed by atoms with Crippen molar-refractivity contribution in [2.75, 3.05) is 26.4 Å². The minimum Gasteiger partial charge on any atom is -0.396 e. The van der Waals surface area contributed by atoms with Gasteiger partial charge in [-0.2, -0.15) is 0 Å². The van der Waals surface area contributed by atoms with Gasteiger partial charge in [-0.05, 0) is 31.1 Å². The zero-order chi connectivity index (χ0) is 9.86. The van der Waals surface area contributed by atoms with Crippen LogP contribution >= 0.6 is 0 Å². The highest BCUT2D eigenvalue weighted by Gasteiger charge is 2.36. The van der Waals surface area contributed by atoms with Gasteiger partial charge in [-0.1, -0.05) is 6.42 Å². The second-order valence-electron chi connectivity index (χ2n) is 4.77. The van der Waals surface area contributed by atoms with Crippen LogP contribution in [0.1, 0.15) is 32.1 Å². The van der Waals surface area contributed by atoms with Crippen LogP contribution in [0.2, 0.25) is 0 Å². The highest BCUT2D eigenvalue weighted by Crippen LogP contribution is 2.43. The van der Waals surface area contributed by atoms with Crippen molar-refractivity contribution in [2.24, 2.45) is 5.41 Å². The summed E-state index contributed by atoms with van der Waals surface area (Å²) in [5, 5.41) is 12.6. The van der Waals surface area contributed by atoms with E-state index in [0.717, 1.165) is 32.6 Å². The molecule has 0 spiro atoms. The van der Waals surface area contributed by atoms with E-state index in [0.29, 0.717) is 18.1 Å². The zero-order valence-electron chi connectivity index (χ0n) is 8.80. The van der Waals surface area contributed by atoms with Gasteiger partial charge < -0.3 is 15.2 Å². The highest BCUT2D eigenvalue weighted by molar-refractivity contribution is 4.90. The molecule has 0 radical (unpaired) electrons. The lowest BCUT2D eigenvalue weighted by molar-refractivity contribution is 0.0814. The summed E-state index contributed by atoms with van der Waals surface area (Å²) in [6, 6.07) is 0.561. The summed E-state index contributed by atoms with van der Waals surface area (Å²) in [6.45, 7) is 3.18. The minimum absolute atomic E-state index is 0.336. The Morgan fingerprint density at radius 1 is 1.43 bits per heavy atom. The van der Waals surface area contributed by atoms with Gasteiger partial charge in [0.25, 0.3) is 0 Å². The van der Waals surface area contributed by atoms with E-state index in [1.54, 1.807) is 0 Å². The molecule has 1 heterocycles. The first-order valence-corrected chi connectivity index (χ1v) is 5.77. The van der Waals surface area contributed by atoms with Crippen LogP contribution in [0.5, 0.6) is 0 Å². The van der Waals surface area contributed by atoms with Gasteiger partial charge in [0.2, 0.25) is 0 Å². The molecule has 3 nitrogen and oxygen atoms in total. The van der Waals surface area contributed by atoms with Crippen LogP contribution in [0.25, 0.3) is 0 Å². The van der Waals surface area contributed by atoms with E-state index in [9.17, 15) is 0 Å². The van der Waals surface area contributed by atoms with Crippen molar-refractivity contribution in [2.45, 2.75) is 38.1 Å². The van der Waals surface area contributed by atoms with Crippen molar-refractivity contribution in [3.8, 4) is 0 Å². The third-order valence-electron chi connectivity index (χ3n) is 3.75. The molecule has 0 aromatic carbocycles. The second kappa shape index (κ2) is 4.60. The minimum atomic E-state index is 0.336. The third-order valence-corrected chi connectivity index (χ3v) is 3.75. The van der Waals surface area contributed by atoms with E-state index < -0.39 is 0 Å². The van der Waals surface area contributed by atoms with E-state index in [1.165, 1.54) is 19.3 Å². The third kappa shape index (κ3) is 2.27. The van der Waals surface area contributed by atoms with Crippen molar-refractivity contribution in [3.63, 3.8) is 0 Å². The molecule has 1 unspecified atom stereocenters. The van der Waals surface area contributed by atoms with Crippen LogP contribution < -0.4 is 5.32 Å². The molecule has 1 aliphatic carbocycles. The van der Waals surface area contributed by atoms with Crippen molar-refractivity contribution >= 4 is 0 Å². The molecule has 0 aromatic rings. The standard InChI is InChI=1S/C11H21NO2/c13-6-5-11(3-1-4-11)9-12-10-2-7-14-8-10/h10,12-13H,1-9H2. The molecular formula is C11H21NO2. The van der Waals surface area contributed by atoms with Gasteiger partial charge in [-0.25, -0.2) is 0 Å². The van der Waals surface area contributed by atoms with E-state index in [-0.39, 0.29) is 0 Å². The molecule has 3 heteroatoms. The number of ether oxygens (including phenoxy) is 1. The molecule has 14 heavy (non-hydrogen) atoms. The van der Waals surface area contributed by atoms with Crippen LogP contribution in [0.3, 0.4) is 0 Å². The molecule has 0 amide bonds. The van der Waals surface area contributed by atoms with Crippen molar-refractivity contribution in [3.05, 3.63) is 0 Å². The van der Waals surface area contributed by atoms with Gasteiger partial charge in [0, 0.05) is 25.8 Å². The fraction of sp³-hybridized carbons (Fsp3) is 1.00.